The van der Waals surface area contributed by atoms with E-state index in [1.807, 2.05) is 13.1 Å². The molecule has 0 fully saturated rings. The second-order valence-corrected chi connectivity index (χ2v) is 7.50. The topological polar surface area (TPSA) is 21.3 Å². The van der Waals surface area contributed by atoms with Crippen molar-refractivity contribution in [1.29, 1.82) is 0 Å². The van der Waals surface area contributed by atoms with Crippen molar-refractivity contribution >= 4 is 38.9 Å². The van der Waals surface area contributed by atoms with Gasteiger partial charge in [0.15, 0.2) is 0 Å². The zero-order valence-corrected chi connectivity index (χ0v) is 14.2. The monoisotopic (exact) mass is 371 g/mol. The van der Waals surface area contributed by atoms with Crippen LogP contribution in [0.3, 0.4) is 0 Å². The zero-order valence-electron chi connectivity index (χ0n) is 11.1. The summed E-state index contributed by atoms with van der Waals surface area (Å²) in [6, 6.07) is 8.61. The van der Waals surface area contributed by atoms with Crippen LogP contribution < -0.4 is 10.1 Å². The Kier molecular flexibility index (Phi) is 4.36. The van der Waals surface area contributed by atoms with Gasteiger partial charge in [-0.25, -0.2) is 0 Å². The zero-order chi connectivity index (χ0) is 14.1. The first-order chi connectivity index (χ1) is 9.67. The molecule has 0 aliphatic carbocycles. The Morgan fingerprint density at radius 2 is 2.30 bits per heavy atom. The first-order valence-electron chi connectivity index (χ1n) is 6.54. The van der Waals surface area contributed by atoms with Gasteiger partial charge >= 0.3 is 0 Å². The van der Waals surface area contributed by atoms with Crippen molar-refractivity contribution < 1.29 is 4.74 Å². The maximum atomic E-state index is 6.04. The number of fused-ring (bicyclic) bond motifs is 1. The molecule has 106 valence electrons. The molecule has 0 bridgehead atoms. The fourth-order valence-corrected chi connectivity index (χ4v) is 4.30. The molecular weight excluding hydrogens is 358 g/mol. The van der Waals surface area contributed by atoms with Gasteiger partial charge in [0.05, 0.1) is 10.9 Å². The molecule has 1 aliphatic rings. The van der Waals surface area contributed by atoms with Crippen LogP contribution in [-0.4, -0.2) is 13.7 Å². The third-order valence-electron chi connectivity index (χ3n) is 3.54. The first kappa shape index (κ1) is 14.4. The average molecular weight is 373 g/mol. The van der Waals surface area contributed by atoms with Gasteiger partial charge in [0.2, 0.25) is 0 Å². The van der Waals surface area contributed by atoms with Gasteiger partial charge in [-0.3, -0.25) is 0 Å². The van der Waals surface area contributed by atoms with Gasteiger partial charge in [0, 0.05) is 21.8 Å². The molecule has 0 amide bonds. The predicted molar refractivity (Wildman–Crippen MR) is 88.2 cm³/mol. The van der Waals surface area contributed by atoms with Gasteiger partial charge in [-0.1, -0.05) is 27.5 Å². The van der Waals surface area contributed by atoms with E-state index < -0.39 is 0 Å². The third kappa shape index (κ3) is 2.89. The molecule has 20 heavy (non-hydrogen) atoms. The van der Waals surface area contributed by atoms with Gasteiger partial charge in [-0.2, -0.15) is 0 Å². The van der Waals surface area contributed by atoms with Gasteiger partial charge in [0.25, 0.3) is 0 Å². The summed E-state index contributed by atoms with van der Waals surface area (Å²) in [4.78, 5) is 1.25. The van der Waals surface area contributed by atoms with Crippen molar-refractivity contribution in [3.05, 3.63) is 49.1 Å². The third-order valence-corrected chi connectivity index (χ3v) is 5.34. The first-order valence-corrected chi connectivity index (χ1v) is 8.52. The van der Waals surface area contributed by atoms with E-state index >= 15 is 0 Å². The highest BCUT2D eigenvalue weighted by Gasteiger charge is 2.21. The van der Waals surface area contributed by atoms with Crippen LogP contribution in [0.1, 0.15) is 22.0 Å². The number of hydrogen-bond donors (Lipinski definition) is 1. The fourth-order valence-electron chi connectivity index (χ4n) is 2.58. The normalized spacial score (nSPS) is 14.9. The molecule has 3 rings (SSSR count). The molecule has 0 radical (unpaired) electrons. The van der Waals surface area contributed by atoms with Crippen molar-refractivity contribution in [2.75, 3.05) is 13.7 Å². The molecule has 1 unspecified atom stereocenters. The summed E-state index contributed by atoms with van der Waals surface area (Å²) < 4.78 is 7.75. The summed E-state index contributed by atoms with van der Waals surface area (Å²) in [7, 11) is 1.98. The van der Waals surface area contributed by atoms with E-state index in [1.54, 1.807) is 11.3 Å². The van der Waals surface area contributed by atoms with E-state index in [1.165, 1.54) is 16.0 Å². The Bertz CT molecular complexity index is 628. The molecule has 1 aromatic carbocycles. The lowest BCUT2D eigenvalue weighted by molar-refractivity contribution is 0.352. The summed E-state index contributed by atoms with van der Waals surface area (Å²) in [5, 5.41) is 3.37. The molecule has 1 N–H and O–H groups in total. The van der Waals surface area contributed by atoms with Crippen LogP contribution in [0.15, 0.2) is 28.7 Å². The Hall–Kier alpha value is -0.550. The van der Waals surface area contributed by atoms with Crippen LogP contribution in [0.25, 0.3) is 0 Å². The van der Waals surface area contributed by atoms with Gasteiger partial charge < -0.3 is 10.1 Å². The van der Waals surface area contributed by atoms with Crippen LogP contribution in [0.4, 0.5) is 0 Å². The standard InChI is InChI=1S/C15H15BrClNOS/c1-18-12(13-2-3-14(17)20-13)8-10-7-11(16)6-9-4-5-19-15(9)10/h2-3,6-7,12,18H,4-5,8H2,1H3. The fraction of sp³-hybridized carbons (Fsp3) is 0.333. The largest absolute Gasteiger partial charge is 0.493 e. The second kappa shape index (κ2) is 6.06. The van der Waals surface area contributed by atoms with E-state index in [4.69, 9.17) is 16.3 Å². The van der Waals surface area contributed by atoms with Gasteiger partial charge in [0.1, 0.15) is 5.75 Å². The number of rotatable bonds is 4. The molecule has 0 saturated heterocycles. The summed E-state index contributed by atoms with van der Waals surface area (Å²) in [5.41, 5.74) is 2.55. The van der Waals surface area contributed by atoms with Gasteiger partial charge in [-0.05, 0) is 48.9 Å². The summed E-state index contributed by atoms with van der Waals surface area (Å²) in [6.45, 7) is 0.786. The minimum Gasteiger partial charge on any atom is -0.493 e. The number of hydrogen-bond acceptors (Lipinski definition) is 3. The summed E-state index contributed by atoms with van der Waals surface area (Å²) in [6.07, 6.45) is 1.89. The number of ether oxygens (including phenoxy) is 1. The highest BCUT2D eigenvalue weighted by Crippen LogP contribution is 2.36. The van der Waals surface area contributed by atoms with E-state index in [2.05, 4.69) is 39.4 Å². The predicted octanol–water partition coefficient (Wildman–Crippen LogP) is 4.60. The Morgan fingerprint density at radius 1 is 1.45 bits per heavy atom. The Balaban J connectivity index is 1.90. The van der Waals surface area contributed by atoms with Gasteiger partial charge in [-0.15, -0.1) is 11.3 Å². The van der Waals surface area contributed by atoms with Crippen molar-refractivity contribution in [2.24, 2.45) is 0 Å². The Labute approximate surface area is 136 Å². The van der Waals surface area contributed by atoms with Crippen molar-refractivity contribution in [1.82, 2.24) is 5.32 Å². The molecule has 0 saturated carbocycles. The van der Waals surface area contributed by atoms with Crippen LogP contribution in [-0.2, 0) is 12.8 Å². The number of halogens is 2. The van der Waals surface area contributed by atoms with Crippen LogP contribution in [0, 0.1) is 0 Å². The molecule has 1 aromatic heterocycles. The molecule has 2 aromatic rings. The molecular formula is C15H15BrClNOS. The smallest absolute Gasteiger partial charge is 0.125 e. The maximum Gasteiger partial charge on any atom is 0.125 e. The van der Waals surface area contributed by atoms with Crippen molar-refractivity contribution in [2.45, 2.75) is 18.9 Å². The average Bonchev–Trinajstić information content (AvgIpc) is 3.04. The van der Waals surface area contributed by atoms with E-state index in [0.29, 0.717) is 0 Å². The minimum atomic E-state index is 0.259. The number of likely N-dealkylation sites (N-methyl/N-ethyl adjacent to an activating group) is 1. The quantitative estimate of drug-likeness (QED) is 0.846. The van der Waals surface area contributed by atoms with E-state index in [0.717, 1.165) is 34.0 Å². The maximum absolute atomic E-state index is 6.04. The molecule has 2 nitrogen and oxygen atoms in total. The van der Waals surface area contributed by atoms with E-state index in [-0.39, 0.29) is 6.04 Å². The number of benzene rings is 1. The minimum absolute atomic E-state index is 0.259. The van der Waals surface area contributed by atoms with E-state index in [9.17, 15) is 0 Å². The number of thiophene rings is 1. The molecule has 0 spiro atoms. The van der Waals surface area contributed by atoms with Crippen LogP contribution >= 0.6 is 38.9 Å². The molecule has 2 heterocycles. The highest BCUT2D eigenvalue weighted by atomic mass is 79.9. The molecule has 1 atom stereocenters. The lowest BCUT2D eigenvalue weighted by Gasteiger charge is -2.17. The number of nitrogens with one attached hydrogen (secondary N) is 1. The van der Waals surface area contributed by atoms with Crippen LogP contribution in [0.2, 0.25) is 4.34 Å². The van der Waals surface area contributed by atoms with Crippen molar-refractivity contribution in [3.8, 4) is 5.75 Å². The summed E-state index contributed by atoms with van der Waals surface area (Å²) in [5.74, 6) is 1.07. The molecule has 1 aliphatic heterocycles. The highest BCUT2D eigenvalue weighted by molar-refractivity contribution is 9.10. The summed E-state index contributed by atoms with van der Waals surface area (Å²) >= 11 is 11.3. The molecule has 5 heteroatoms. The SMILES string of the molecule is CNC(Cc1cc(Br)cc2c1OCC2)c1ccc(Cl)s1. The Morgan fingerprint density at radius 3 is 3.00 bits per heavy atom. The second-order valence-electron chi connectivity index (χ2n) is 4.84. The lowest BCUT2D eigenvalue weighted by Crippen LogP contribution is -2.18. The lowest BCUT2D eigenvalue weighted by atomic mass is 10.0. The van der Waals surface area contributed by atoms with Crippen molar-refractivity contribution in [3.63, 3.8) is 0 Å². The van der Waals surface area contributed by atoms with Crippen LogP contribution in [0.5, 0.6) is 5.75 Å².